The number of alkyl halides is 3. The van der Waals surface area contributed by atoms with Gasteiger partial charge in [0.2, 0.25) is 5.91 Å². The molecule has 0 saturated heterocycles. The molecule has 2 heterocycles. The molecule has 2 aliphatic rings. The van der Waals surface area contributed by atoms with Crippen LogP contribution in [-0.4, -0.2) is 46.8 Å². The molecule has 212 valence electrons. The van der Waals surface area contributed by atoms with Crippen LogP contribution in [0.4, 0.5) is 23.7 Å². The highest BCUT2D eigenvalue weighted by molar-refractivity contribution is 6.05. The minimum Gasteiger partial charge on any atom is -0.326 e. The van der Waals surface area contributed by atoms with E-state index in [1.807, 2.05) is 49.4 Å². The van der Waals surface area contributed by atoms with E-state index >= 15 is 0 Å². The first-order valence-corrected chi connectivity index (χ1v) is 13.3. The Morgan fingerprint density at radius 3 is 2.32 bits per heavy atom. The van der Waals surface area contributed by atoms with Crippen LogP contribution in [0.25, 0.3) is 0 Å². The van der Waals surface area contributed by atoms with Crippen LogP contribution < -0.4 is 10.6 Å². The van der Waals surface area contributed by atoms with Crippen molar-refractivity contribution in [2.75, 3.05) is 18.4 Å². The number of rotatable bonds is 7. The molecule has 10 heteroatoms. The molecule has 0 spiro atoms. The van der Waals surface area contributed by atoms with Gasteiger partial charge in [0.25, 0.3) is 5.91 Å². The van der Waals surface area contributed by atoms with Crippen molar-refractivity contribution in [3.05, 3.63) is 112 Å². The zero-order valence-electron chi connectivity index (χ0n) is 22.5. The van der Waals surface area contributed by atoms with Crippen molar-refractivity contribution in [2.24, 2.45) is 0 Å². The summed E-state index contributed by atoms with van der Waals surface area (Å²) in [6, 6.07) is 18.3. The Labute approximate surface area is 235 Å². The molecule has 7 nitrogen and oxygen atoms in total. The summed E-state index contributed by atoms with van der Waals surface area (Å²) in [4.78, 5) is 43.6. The second-order valence-corrected chi connectivity index (χ2v) is 10.1. The Bertz CT molecular complexity index is 1500. The first kappa shape index (κ1) is 27.9. The van der Waals surface area contributed by atoms with Gasteiger partial charge in [-0.3, -0.25) is 14.5 Å². The molecule has 3 aromatic rings. The molecule has 2 atom stereocenters. The van der Waals surface area contributed by atoms with E-state index in [2.05, 4.69) is 10.6 Å². The van der Waals surface area contributed by atoms with Gasteiger partial charge in [0.1, 0.15) is 6.04 Å². The van der Waals surface area contributed by atoms with Crippen LogP contribution in [0, 0.1) is 6.92 Å². The fraction of sp³-hybridized carbons (Fsp3) is 0.258. The molecule has 2 aliphatic heterocycles. The van der Waals surface area contributed by atoms with Crippen molar-refractivity contribution < 1.29 is 27.6 Å². The highest BCUT2D eigenvalue weighted by Gasteiger charge is 2.48. The number of aryl methyl sites for hydroxylation is 1. The Morgan fingerprint density at radius 1 is 1.00 bits per heavy atom. The average Bonchev–Trinajstić information content (AvgIpc) is 3.29. The minimum atomic E-state index is -4.70. The summed E-state index contributed by atoms with van der Waals surface area (Å²) in [6.07, 6.45) is -4.53. The van der Waals surface area contributed by atoms with E-state index in [-0.39, 0.29) is 30.6 Å². The number of carbonyl (C=O) groups is 3. The second-order valence-electron chi connectivity index (χ2n) is 10.1. The third-order valence-corrected chi connectivity index (χ3v) is 7.41. The van der Waals surface area contributed by atoms with Gasteiger partial charge in [0, 0.05) is 18.7 Å². The van der Waals surface area contributed by atoms with Crippen LogP contribution >= 0.6 is 0 Å². The third kappa shape index (κ3) is 5.54. The molecule has 5 rings (SSSR count). The smallest absolute Gasteiger partial charge is 0.326 e. The van der Waals surface area contributed by atoms with Crippen molar-refractivity contribution in [3.63, 3.8) is 0 Å². The number of likely N-dealkylation sites (N-methyl/N-ethyl adjacent to an activating group) is 1. The third-order valence-electron chi connectivity index (χ3n) is 7.41. The minimum absolute atomic E-state index is 0.0318. The standard InChI is InChI=1S/C31H29F3N4O3/c1-3-37-25-18-38(24(17-20-9-5-4-6-10-20)28(39)35-21-15-13-19(2)14-16-21)29(40)26(25)27(36-30(37)41)22-11-7-8-12-23(22)31(32,33)34/h4-16,24,27H,3,17-18H2,1-2H3,(H,35,39)(H,36,41). The van der Waals surface area contributed by atoms with E-state index in [0.29, 0.717) is 11.4 Å². The number of hydrogen-bond acceptors (Lipinski definition) is 3. The molecular formula is C31H29F3N4O3. The van der Waals surface area contributed by atoms with E-state index in [1.165, 1.54) is 28.0 Å². The van der Waals surface area contributed by atoms with Gasteiger partial charge in [-0.1, -0.05) is 66.2 Å². The number of nitrogens with one attached hydrogen (secondary N) is 2. The van der Waals surface area contributed by atoms with Gasteiger partial charge in [0.15, 0.2) is 0 Å². The normalized spacial score (nSPS) is 17.8. The fourth-order valence-corrected chi connectivity index (χ4v) is 5.38. The number of amides is 4. The van der Waals surface area contributed by atoms with E-state index < -0.39 is 41.7 Å². The van der Waals surface area contributed by atoms with Crippen LogP contribution in [-0.2, 0) is 22.2 Å². The predicted molar refractivity (Wildman–Crippen MR) is 148 cm³/mol. The lowest BCUT2D eigenvalue weighted by Gasteiger charge is -2.33. The average molecular weight is 563 g/mol. The number of halogens is 3. The number of anilines is 1. The largest absolute Gasteiger partial charge is 0.416 e. The first-order chi connectivity index (χ1) is 19.6. The summed E-state index contributed by atoms with van der Waals surface area (Å²) in [5, 5.41) is 5.49. The van der Waals surface area contributed by atoms with Crippen LogP contribution in [0.15, 0.2) is 90.1 Å². The summed E-state index contributed by atoms with van der Waals surface area (Å²) >= 11 is 0. The lowest BCUT2D eigenvalue weighted by Crippen LogP contribution is -2.47. The highest BCUT2D eigenvalue weighted by Crippen LogP contribution is 2.42. The van der Waals surface area contributed by atoms with Crippen molar-refractivity contribution in [3.8, 4) is 0 Å². The molecule has 41 heavy (non-hydrogen) atoms. The molecule has 2 unspecified atom stereocenters. The Hall–Kier alpha value is -4.60. The Kier molecular flexibility index (Phi) is 7.57. The number of hydrogen-bond donors (Lipinski definition) is 2. The van der Waals surface area contributed by atoms with Crippen molar-refractivity contribution >= 4 is 23.5 Å². The molecule has 4 amide bonds. The lowest BCUT2D eigenvalue weighted by molar-refractivity contribution is -0.138. The van der Waals surface area contributed by atoms with Crippen LogP contribution in [0.2, 0.25) is 0 Å². The summed E-state index contributed by atoms with van der Waals surface area (Å²) in [7, 11) is 0. The van der Waals surface area contributed by atoms with Gasteiger partial charge in [-0.2, -0.15) is 13.2 Å². The maximum absolute atomic E-state index is 14.1. The molecule has 2 N–H and O–H groups in total. The monoisotopic (exact) mass is 562 g/mol. The highest BCUT2D eigenvalue weighted by atomic mass is 19.4. The molecule has 0 radical (unpaired) electrons. The van der Waals surface area contributed by atoms with Gasteiger partial charge in [-0.05, 0) is 43.2 Å². The first-order valence-electron chi connectivity index (χ1n) is 13.3. The van der Waals surface area contributed by atoms with Gasteiger partial charge in [-0.15, -0.1) is 0 Å². The molecule has 0 bridgehead atoms. The second kappa shape index (κ2) is 11.1. The maximum Gasteiger partial charge on any atom is 0.416 e. The van der Waals surface area contributed by atoms with Crippen molar-refractivity contribution in [2.45, 2.75) is 38.5 Å². The predicted octanol–water partition coefficient (Wildman–Crippen LogP) is 5.45. The van der Waals surface area contributed by atoms with Crippen LogP contribution in [0.5, 0.6) is 0 Å². The summed E-state index contributed by atoms with van der Waals surface area (Å²) in [5.74, 6) is -1.04. The van der Waals surface area contributed by atoms with Gasteiger partial charge in [-0.25, -0.2) is 4.79 Å². The SMILES string of the molecule is CCN1C(=O)NC(c2ccccc2C(F)(F)F)C2=C1CN(C(Cc1ccccc1)C(=O)Nc1ccc(C)cc1)C2=O. The molecule has 0 aliphatic carbocycles. The van der Waals surface area contributed by atoms with E-state index in [4.69, 9.17) is 0 Å². The fourth-order valence-electron chi connectivity index (χ4n) is 5.38. The molecule has 0 saturated carbocycles. The summed E-state index contributed by atoms with van der Waals surface area (Å²) < 4.78 is 41.9. The van der Waals surface area contributed by atoms with Crippen LogP contribution in [0.1, 0.15) is 35.2 Å². The number of carbonyl (C=O) groups excluding carboxylic acids is 3. The number of benzene rings is 3. The summed E-state index contributed by atoms with van der Waals surface area (Å²) in [5.41, 5.74) is 1.52. The van der Waals surface area contributed by atoms with Crippen molar-refractivity contribution in [1.82, 2.24) is 15.1 Å². The van der Waals surface area contributed by atoms with Gasteiger partial charge < -0.3 is 15.5 Å². The van der Waals surface area contributed by atoms with Crippen LogP contribution in [0.3, 0.4) is 0 Å². The Balaban J connectivity index is 1.55. The molecule has 0 fully saturated rings. The van der Waals surface area contributed by atoms with E-state index in [1.54, 1.807) is 19.1 Å². The molecule has 3 aromatic carbocycles. The van der Waals surface area contributed by atoms with E-state index in [9.17, 15) is 27.6 Å². The molecule has 0 aromatic heterocycles. The quantitative estimate of drug-likeness (QED) is 0.402. The zero-order valence-corrected chi connectivity index (χ0v) is 22.5. The topological polar surface area (TPSA) is 81.8 Å². The summed E-state index contributed by atoms with van der Waals surface area (Å²) in [6.45, 7) is 3.73. The number of urea groups is 1. The van der Waals surface area contributed by atoms with Gasteiger partial charge >= 0.3 is 12.2 Å². The Morgan fingerprint density at radius 2 is 1.66 bits per heavy atom. The number of nitrogens with zero attached hydrogens (tertiary/aromatic N) is 2. The molecular weight excluding hydrogens is 533 g/mol. The zero-order chi connectivity index (χ0) is 29.3. The lowest BCUT2D eigenvalue weighted by atomic mass is 9.91. The van der Waals surface area contributed by atoms with E-state index in [0.717, 1.165) is 17.2 Å². The van der Waals surface area contributed by atoms with Gasteiger partial charge in [0.05, 0.1) is 29.4 Å². The van der Waals surface area contributed by atoms with Crippen molar-refractivity contribution in [1.29, 1.82) is 0 Å². The maximum atomic E-state index is 14.1.